The van der Waals surface area contributed by atoms with Crippen molar-refractivity contribution in [3.05, 3.63) is 194 Å². The highest BCUT2D eigenvalue weighted by Crippen LogP contribution is 2.48. The maximum Gasteiger partial charge on any atom is 0.161 e. The van der Waals surface area contributed by atoms with E-state index in [1.54, 1.807) is 11.3 Å². The second kappa shape index (κ2) is 12.3. The Morgan fingerprint density at radius 2 is 1.05 bits per heavy atom. The van der Waals surface area contributed by atoms with Gasteiger partial charge in [-0.2, -0.15) is 0 Å². The van der Waals surface area contributed by atoms with Gasteiger partial charge in [0, 0.05) is 64.3 Å². The maximum atomic E-state index is 5.51. The van der Waals surface area contributed by atoms with E-state index in [1.165, 1.54) is 86.1 Å². The molecule has 0 saturated heterocycles. The molecule has 0 spiro atoms. The van der Waals surface area contributed by atoms with E-state index in [-0.39, 0.29) is 0 Å². The number of hydrogen-bond donors (Lipinski definition) is 0. The minimum Gasteiger partial charge on any atom is -0.308 e. The van der Waals surface area contributed by atoms with Crippen LogP contribution in [0, 0.1) is 0 Å². The Balaban J connectivity index is 1.05. The van der Waals surface area contributed by atoms with Gasteiger partial charge < -0.3 is 8.97 Å². The van der Waals surface area contributed by atoms with Crippen molar-refractivity contribution in [2.75, 3.05) is 0 Å². The standard InChI is InChI=1S/C58H32N4S/c1-2-14-34-31-36(26-25-33(34)13-1)53-57-54(44-20-8-12-24-50(44)63-57)60-58(59-53)42-29-30-49(38-16-4-3-15-37(38)42)62-46-21-9-5-17-39(46)41-28-27-35-32-45-40-18-6-10-22-47(40)61-48-23-11-7-19-43(48)52(56(45)61)51(35)55(41)62/h1-32H. The third kappa shape index (κ3) is 4.43. The Hall–Kier alpha value is -8.12. The summed E-state index contributed by atoms with van der Waals surface area (Å²) in [5.41, 5.74) is 11.3. The molecule has 0 saturated carbocycles. The third-order valence-electron chi connectivity index (χ3n) is 13.6. The second-order valence-corrected chi connectivity index (χ2v) is 17.9. The van der Waals surface area contributed by atoms with E-state index in [0.29, 0.717) is 0 Å². The molecule has 0 fully saturated rings. The van der Waals surface area contributed by atoms with Crippen LogP contribution in [-0.4, -0.2) is 18.9 Å². The summed E-state index contributed by atoms with van der Waals surface area (Å²) in [5, 5.41) is 16.0. The van der Waals surface area contributed by atoms with Gasteiger partial charge in [-0.15, -0.1) is 11.3 Å². The number of benzene rings is 10. The average Bonchev–Trinajstić information content (AvgIpc) is 4.09. The van der Waals surface area contributed by atoms with Crippen molar-refractivity contribution in [2.24, 2.45) is 0 Å². The van der Waals surface area contributed by atoms with Crippen LogP contribution in [0.4, 0.5) is 0 Å². The Morgan fingerprint density at radius 1 is 0.397 bits per heavy atom. The molecule has 5 heteroatoms. The second-order valence-electron chi connectivity index (χ2n) is 16.8. The van der Waals surface area contributed by atoms with Crippen molar-refractivity contribution >= 4 is 124 Å². The SMILES string of the molecule is c1ccc2cc(-c3nc(-c4ccc(-n5c6ccccc6c6ccc7cc8c9ccccc9n9c%10ccccc%10c(c7c65)c89)c5ccccc45)nc4c3sc3ccccc34)ccc2c1. The Bertz CT molecular complexity index is 4450. The summed E-state index contributed by atoms with van der Waals surface area (Å²) >= 11 is 1.77. The lowest BCUT2D eigenvalue weighted by molar-refractivity contribution is 1.20. The van der Waals surface area contributed by atoms with Crippen molar-refractivity contribution in [2.45, 2.75) is 0 Å². The Labute approximate surface area is 363 Å². The largest absolute Gasteiger partial charge is 0.308 e. The minimum absolute atomic E-state index is 0.727. The number of thiophene rings is 1. The van der Waals surface area contributed by atoms with Gasteiger partial charge in [0.1, 0.15) is 0 Å². The highest BCUT2D eigenvalue weighted by atomic mass is 32.1. The van der Waals surface area contributed by atoms with E-state index >= 15 is 0 Å². The first-order chi connectivity index (χ1) is 31.3. The first kappa shape index (κ1) is 33.6. The highest BCUT2D eigenvalue weighted by molar-refractivity contribution is 7.26. The highest BCUT2D eigenvalue weighted by Gasteiger charge is 2.25. The fourth-order valence-corrected chi connectivity index (χ4v) is 12.1. The van der Waals surface area contributed by atoms with Gasteiger partial charge in [-0.25, -0.2) is 9.97 Å². The maximum absolute atomic E-state index is 5.51. The predicted octanol–water partition coefficient (Wildman–Crippen LogP) is 15.9. The van der Waals surface area contributed by atoms with Gasteiger partial charge in [-0.05, 0) is 70.1 Å². The van der Waals surface area contributed by atoms with Gasteiger partial charge in [-0.1, -0.05) is 146 Å². The fourth-order valence-electron chi connectivity index (χ4n) is 10.9. The molecular weight excluding hydrogens is 785 g/mol. The van der Waals surface area contributed by atoms with Crippen molar-refractivity contribution in [3.8, 4) is 28.3 Å². The van der Waals surface area contributed by atoms with Crippen molar-refractivity contribution in [1.29, 1.82) is 0 Å². The first-order valence-electron chi connectivity index (χ1n) is 21.5. The fraction of sp³-hybridized carbons (Fsp3) is 0. The van der Waals surface area contributed by atoms with Crippen LogP contribution in [0.15, 0.2) is 194 Å². The van der Waals surface area contributed by atoms with Gasteiger partial charge in [0.05, 0.1) is 49.2 Å². The summed E-state index contributed by atoms with van der Waals surface area (Å²) in [5.74, 6) is 0.727. The summed E-state index contributed by atoms with van der Waals surface area (Å²) in [4.78, 5) is 11.0. The first-order valence-corrected chi connectivity index (χ1v) is 22.3. The molecule has 5 heterocycles. The molecule has 15 aromatic rings. The molecule has 0 N–H and O–H groups in total. The Morgan fingerprint density at radius 3 is 1.89 bits per heavy atom. The summed E-state index contributed by atoms with van der Waals surface area (Å²) < 4.78 is 7.34. The summed E-state index contributed by atoms with van der Waals surface area (Å²) in [6, 6.07) is 71.0. The molecule has 63 heavy (non-hydrogen) atoms. The van der Waals surface area contributed by atoms with E-state index in [9.17, 15) is 0 Å². The average molecular weight is 817 g/mol. The molecule has 0 aliphatic rings. The number of nitrogens with zero attached hydrogens (tertiary/aromatic N) is 4. The van der Waals surface area contributed by atoms with E-state index in [4.69, 9.17) is 9.97 Å². The van der Waals surface area contributed by atoms with Gasteiger partial charge in [-0.3, -0.25) is 0 Å². The van der Waals surface area contributed by atoms with Crippen LogP contribution < -0.4 is 0 Å². The number of rotatable bonds is 3. The van der Waals surface area contributed by atoms with Crippen LogP contribution in [0.2, 0.25) is 0 Å². The molecule has 15 rings (SSSR count). The van der Waals surface area contributed by atoms with Crippen LogP contribution in [-0.2, 0) is 0 Å². The van der Waals surface area contributed by atoms with Gasteiger partial charge in [0.2, 0.25) is 0 Å². The van der Waals surface area contributed by atoms with Gasteiger partial charge in [0.15, 0.2) is 5.82 Å². The molecule has 0 bridgehead atoms. The molecule has 5 aromatic heterocycles. The van der Waals surface area contributed by atoms with Crippen LogP contribution in [0.1, 0.15) is 0 Å². The molecule has 0 amide bonds. The van der Waals surface area contributed by atoms with Crippen molar-refractivity contribution < 1.29 is 0 Å². The normalized spacial score (nSPS) is 12.4. The van der Waals surface area contributed by atoms with Gasteiger partial charge in [0.25, 0.3) is 0 Å². The van der Waals surface area contributed by atoms with Crippen LogP contribution in [0.3, 0.4) is 0 Å². The molecule has 0 atom stereocenters. The molecule has 0 aliphatic carbocycles. The molecule has 0 radical (unpaired) electrons. The van der Waals surface area contributed by atoms with Crippen molar-refractivity contribution in [3.63, 3.8) is 0 Å². The lowest BCUT2D eigenvalue weighted by atomic mass is 9.97. The zero-order chi connectivity index (χ0) is 40.9. The monoisotopic (exact) mass is 816 g/mol. The smallest absolute Gasteiger partial charge is 0.161 e. The van der Waals surface area contributed by atoms with Crippen LogP contribution in [0.5, 0.6) is 0 Å². The third-order valence-corrected chi connectivity index (χ3v) is 14.8. The van der Waals surface area contributed by atoms with Crippen LogP contribution in [0.25, 0.3) is 141 Å². The van der Waals surface area contributed by atoms with E-state index in [1.807, 2.05) is 0 Å². The van der Waals surface area contributed by atoms with Crippen molar-refractivity contribution in [1.82, 2.24) is 18.9 Å². The van der Waals surface area contributed by atoms with E-state index < -0.39 is 0 Å². The number of hydrogen-bond acceptors (Lipinski definition) is 3. The zero-order valence-electron chi connectivity index (χ0n) is 33.7. The molecule has 290 valence electrons. The lowest BCUT2D eigenvalue weighted by Gasteiger charge is -2.16. The molecular formula is C58H32N4S. The molecule has 10 aromatic carbocycles. The number of para-hydroxylation sites is 3. The molecule has 0 unspecified atom stereocenters. The minimum atomic E-state index is 0.727. The molecule has 0 aliphatic heterocycles. The summed E-state index contributed by atoms with van der Waals surface area (Å²) in [6.45, 7) is 0. The van der Waals surface area contributed by atoms with E-state index in [2.05, 4.69) is 203 Å². The number of fused-ring (bicyclic) bond motifs is 17. The lowest BCUT2D eigenvalue weighted by Crippen LogP contribution is -1.99. The topological polar surface area (TPSA) is 35.1 Å². The number of aromatic nitrogens is 4. The summed E-state index contributed by atoms with van der Waals surface area (Å²) in [7, 11) is 0. The van der Waals surface area contributed by atoms with Gasteiger partial charge >= 0.3 is 0 Å². The Kier molecular flexibility index (Phi) is 6.53. The summed E-state index contributed by atoms with van der Waals surface area (Å²) in [6.07, 6.45) is 0. The zero-order valence-corrected chi connectivity index (χ0v) is 34.5. The molecule has 4 nitrogen and oxygen atoms in total. The predicted molar refractivity (Wildman–Crippen MR) is 267 cm³/mol. The van der Waals surface area contributed by atoms with Crippen LogP contribution >= 0.6 is 11.3 Å². The van der Waals surface area contributed by atoms with E-state index in [0.717, 1.165) is 54.7 Å². The quantitative estimate of drug-likeness (QED) is 0.178.